The number of fused-ring (bicyclic) bond motifs is 1. The van der Waals surface area contributed by atoms with Gasteiger partial charge in [-0.2, -0.15) is 0 Å². The zero-order chi connectivity index (χ0) is 30.9. The van der Waals surface area contributed by atoms with Crippen LogP contribution in [-0.4, -0.2) is 37.5 Å². The van der Waals surface area contributed by atoms with Crippen molar-refractivity contribution in [3.05, 3.63) is 121 Å². The molecule has 230 valence electrons. The molecular weight excluding hydrogens is 570 g/mol. The Hall–Kier alpha value is -5.17. The highest BCUT2D eigenvalue weighted by atomic mass is 16.6. The van der Waals surface area contributed by atoms with E-state index in [1.54, 1.807) is 4.90 Å². The van der Waals surface area contributed by atoms with Crippen LogP contribution in [0.5, 0.6) is 0 Å². The first-order chi connectivity index (χ1) is 22.7. The summed E-state index contributed by atoms with van der Waals surface area (Å²) < 4.78 is 5.62. The molecule has 7 heteroatoms. The highest BCUT2D eigenvalue weighted by Gasteiger charge is 2.33. The molecule has 7 nitrogen and oxygen atoms in total. The van der Waals surface area contributed by atoms with E-state index in [0.717, 1.165) is 52.6 Å². The fourth-order valence-corrected chi connectivity index (χ4v) is 7.05. The van der Waals surface area contributed by atoms with Crippen LogP contribution in [0.3, 0.4) is 0 Å². The van der Waals surface area contributed by atoms with Gasteiger partial charge < -0.3 is 14.7 Å². The number of hydrogen-bond acceptors (Lipinski definition) is 4. The van der Waals surface area contributed by atoms with Crippen molar-refractivity contribution in [3.63, 3.8) is 0 Å². The molecule has 0 radical (unpaired) electrons. The lowest BCUT2D eigenvalue weighted by Crippen LogP contribution is -2.31. The molecule has 1 saturated carbocycles. The summed E-state index contributed by atoms with van der Waals surface area (Å²) in [5.74, 6) is 2.52. The lowest BCUT2D eigenvalue weighted by atomic mass is 9.98. The number of amides is 1. The topological polar surface area (TPSA) is 86.9 Å². The Morgan fingerprint density at radius 1 is 0.696 bits per heavy atom. The number of nitrogens with zero attached hydrogens (tertiary/aromatic N) is 3. The molecule has 1 atom stereocenters. The maximum atomic E-state index is 12.9. The molecule has 4 aromatic carbocycles. The molecule has 0 spiro atoms. The van der Waals surface area contributed by atoms with E-state index >= 15 is 0 Å². The molecule has 1 aliphatic carbocycles. The Balaban J connectivity index is 0.946. The fraction of sp³-hybridized carbons (Fsp3) is 0.256. The predicted octanol–water partition coefficient (Wildman–Crippen LogP) is 9.42. The van der Waals surface area contributed by atoms with Gasteiger partial charge in [-0.25, -0.2) is 14.8 Å². The summed E-state index contributed by atoms with van der Waals surface area (Å²) in [6.07, 6.45) is 10.4. The highest BCUT2D eigenvalue weighted by Crippen LogP contribution is 2.35. The third-order valence-electron chi connectivity index (χ3n) is 9.62. The SMILES string of the molecule is O=C(OCc1ccccc1)N1CCC[C@H]1c1ncc(-c2ccc(-c3ccc4cc(-c5cnc(C6CCCC6)[nH]5)ccc4c3)cc2)[nH]1. The van der Waals surface area contributed by atoms with E-state index in [4.69, 9.17) is 9.72 Å². The van der Waals surface area contributed by atoms with Crippen molar-refractivity contribution in [1.29, 1.82) is 0 Å². The van der Waals surface area contributed by atoms with Gasteiger partial charge in [0.15, 0.2) is 0 Å². The van der Waals surface area contributed by atoms with Crippen molar-refractivity contribution in [2.75, 3.05) is 6.54 Å². The molecule has 0 unspecified atom stereocenters. The van der Waals surface area contributed by atoms with E-state index in [-0.39, 0.29) is 18.7 Å². The number of carbonyl (C=O) groups is 1. The van der Waals surface area contributed by atoms with E-state index in [0.29, 0.717) is 12.5 Å². The highest BCUT2D eigenvalue weighted by molar-refractivity contribution is 5.90. The second-order valence-corrected chi connectivity index (χ2v) is 12.6. The number of hydrogen-bond donors (Lipinski definition) is 2. The van der Waals surface area contributed by atoms with Crippen LogP contribution in [0.4, 0.5) is 4.79 Å². The monoisotopic (exact) mass is 607 g/mol. The summed E-state index contributed by atoms with van der Waals surface area (Å²) in [5.41, 5.74) is 7.57. The van der Waals surface area contributed by atoms with Crippen molar-refractivity contribution < 1.29 is 9.53 Å². The van der Waals surface area contributed by atoms with Crippen molar-refractivity contribution in [2.24, 2.45) is 0 Å². The van der Waals surface area contributed by atoms with Crippen LogP contribution in [0.15, 0.2) is 103 Å². The molecule has 2 aliphatic rings. The Morgan fingerprint density at radius 2 is 1.33 bits per heavy atom. The third kappa shape index (κ3) is 5.69. The Kier molecular flexibility index (Phi) is 7.58. The average Bonchev–Trinajstić information content (AvgIpc) is 3.94. The lowest BCUT2D eigenvalue weighted by molar-refractivity contribution is 0.0910. The number of imidazole rings is 2. The van der Waals surface area contributed by atoms with Crippen LogP contribution in [0.2, 0.25) is 0 Å². The normalized spacial score (nSPS) is 16.8. The quantitative estimate of drug-likeness (QED) is 0.189. The number of carbonyl (C=O) groups excluding carboxylic acids is 1. The molecule has 1 saturated heterocycles. The first-order valence-electron chi connectivity index (χ1n) is 16.4. The van der Waals surface area contributed by atoms with Crippen molar-refractivity contribution in [1.82, 2.24) is 24.8 Å². The maximum absolute atomic E-state index is 12.9. The van der Waals surface area contributed by atoms with Crippen molar-refractivity contribution in [2.45, 2.75) is 57.1 Å². The summed E-state index contributed by atoms with van der Waals surface area (Å²) in [6.45, 7) is 0.934. The number of benzene rings is 4. The summed E-state index contributed by atoms with van der Waals surface area (Å²) in [7, 11) is 0. The second-order valence-electron chi connectivity index (χ2n) is 12.6. The lowest BCUT2D eigenvalue weighted by Gasteiger charge is -2.22. The Bertz CT molecular complexity index is 1970. The minimum Gasteiger partial charge on any atom is -0.445 e. The van der Waals surface area contributed by atoms with Crippen LogP contribution in [0.25, 0.3) is 44.4 Å². The van der Waals surface area contributed by atoms with Gasteiger partial charge in [0.05, 0.1) is 29.8 Å². The van der Waals surface area contributed by atoms with E-state index in [1.165, 1.54) is 47.6 Å². The summed E-state index contributed by atoms with van der Waals surface area (Å²) in [5, 5.41) is 2.42. The predicted molar refractivity (Wildman–Crippen MR) is 181 cm³/mol. The number of aromatic amines is 2. The number of likely N-dealkylation sites (tertiary alicyclic amines) is 1. The first-order valence-corrected chi connectivity index (χ1v) is 16.4. The Labute approximate surface area is 268 Å². The van der Waals surface area contributed by atoms with Gasteiger partial charge in [0.1, 0.15) is 18.3 Å². The number of nitrogens with one attached hydrogen (secondary N) is 2. The smallest absolute Gasteiger partial charge is 0.410 e. The minimum atomic E-state index is -0.296. The summed E-state index contributed by atoms with van der Waals surface area (Å²) in [4.78, 5) is 31.2. The van der Waals surface area contributed by atoms with E-state index < -0.39 is 0 Å². The summed E-state index contributed by atoms with van der Waals surface area (Å²) >= 11 is 0. The van der Waals surface area contributed by atoms with E-state index in [9.17, 15) is 4.79 Å². The van der Waals surface area contributed by atoms with Crippen LogP contribution in [0, 0.1) is 0 Å². The first kappa shape index (κ1) is 28.3. The average molecular weight is 608 g/mol. The number of aromatic nitrogens is 4. The zero-order valence-corrected chi connectivity index (χ0v) is 25.8. The van der Waals surface area contributed by atoms with Gasteiger partial charge in [0.2, 0.25) is 0 Å². The Morgan fingerprint density at radius 3 is 2.11 bits per heavy atom. The van der Waals surface area contributed by atoms with Crippen LogP contribution < -0.4 is 0 Å². The molecule has 2 fully saturated rings. The van der Waals surface area contributed by atoms with E-state index in [2.05, 4.69) is 75.6 Å². The van der Waals surface area contributed by atoms with Gasteiger partial charge >= 0.3 is 6.09 Å². The fourth-order valence-electron chi connectivity index (χ4n) is 7.05. The van der Waals surface area contributed by atoms with Crippen molar-refractivity contribution in [3.8, 4) is 33.6 Å². The molecule has 0 bridgehead atoms. The van der Waals surface area contributed by atoms with Crippen LogP contribution in [0.1, 0.15) is 67.7 Å². The van der Waals surface area contributed by atoms with Crippen LogP contribution >= 0.6 is 0 Å². The molecule has 2 aromatic heterocycles. The molecule has 6 aromatic rings. The molecular formula is C39H37N5O2. The molecule has 3 heterocycles. The van der Waals surface area contributed by atoms with Gasteiger partial charge in [-0.15, -0.1) is 0 Å². The molecule has 1 amide bonds. The molecule has 2 N–H and O–H groups in total. The van der Waals surface area contributed by atoms with Gasteiger partial charge in [0.25, 0.3) is 0 Å². The number of rotatable bonds is 7. The van der Waals surface area contributed by atoms with Gasteiger partial charge in [-0.1, -0.05) is 91.7 Å². The second kappa shape index (κ2) is 12.3. The van der Waals surface area contributed by atoms with Gasteiger partial charge in [0, 0.05) is 18.0 Å². The third-order valence-corrected chi connectivity index (χ3v) is 9.62. The van der Waals surface area contributed by atoms with E-state index in [1.807, 2.05) is 42.7 Å². The standard InChI is InChI=1S/C39H37N5O2/c45-39(46-25-26-7-2-1-3-8-26)44-20-6-11-36(44)38-41-23-34(43-38)28-14-12-27(13-15-28)30-16-17-32-22-33(19-18-31(32)21-30)35-24-40-37(42-35)29-9-4-5-10-29/h1-3,7-8,12-19,21-24,29,36H,4-6,9-11,20,25H2,(H,40,42)(H,41,43)/t36-/m0/s1. The molecule has 8 rings (SSSR count). The summed E-state index contributed by atoms with van der Waals surface area (Å²) in [6, 6.07) is 31.5. The number of ether oxygens (including phenoxy) is 1. The molecule has 1 aliphatic heterocycles. The van der Waals surface area contributed by atoms with Gasteiger partial charge in [-0.05, 0) is 70.8 Å². The largest absolute Gasteiger partial charge is 0.445 e. The number of H-pyrrole nitrogens is 2. The van der Waals surface area contributed by atoms with Crippen LogP contribution in [-0.2, 0) is 11.3 Å². The zero-order valence-electron chi connectivity index (χ0n) is 25.8. The van der Waals surface area contributed by atoms with Crippen molar-refractivity contribution >= 4 is 16.9 Å². The molecule has 46 heavy (non-hydrogen) atoms. The minimum absolute atomic E-state index is 0.114. The maximum Gasteiger partial charge on any atom is 0.410 e. The van der Waals surface area contributed by atoms with Gasteiger partial charge in [-0.3, -0.25) is 4.90 Å².